The third-order valence-electron chi connectivity index (χ3n) is 5.74. The van der Waals surface area contributed by atoms with E-state index in [0.29, 0.717) is 31.4 Å². The molecule has 5 rings (SSSR count). The lowest BCUT2D eigenvalue weighted by atomic mass is 10.0. The summed E-state index contributed by atoms with van der Waals surface area (Å²) in [5, 5.41) is 0. The number of ether oxygens (including phenoxy) is 2. The molecule has 0 bridgehead atoms. The molecule has 5 nitrogen and oxygen atoms in total. The maximum Gasteiger partial charge on any atom is 0.363 e. The maximum absolute atomic E-state index is 12.7. The van der Waals surface area contributed by atoms with Crippen molar-refractivity contribution in [1.82, 2.24) is 0 Å². The van der Waals surface area contributed by atoms with Crippen LogP contribution in [0, 0.1) is 6.92 Å². The van der Waals surface area contributed by atoms with E-state index in [0.717, 1.165) is 16.7 Å². The Morgan fingerprint density at radius 3 is 2.11 bits per heavy atom. The first-order valence-electron chi connectivity index (χ1n) is 11.3. The average molecular weight is 617 g/mol. The lowest BCUT2D eigenvalue weighted by Crippen LogP contribution is -2.11. The Labute approximate surface area is 230 Å². The van der Waals surface area contributed by atoms with Gasteiger partial charge in [0, 0.05) is 5.56 Å². The average Bonchev–Trinajstić information content (AvgIpc) is 3.27. The van der Waals surface area contributed by atoms with E-state index in [1.54, 1.807) is 30.3 Å². The lowest BCUT2D eigenvalue weighted by Gasteiger charge is -2.11. The minimum absolute atomic E-state index is 0.172. The quantitative estimate of drug-likeness (QED) is 0.131. The molecule has 4 aromatic carbocycles. The molecule has 0 aliphatic carbocycles. The predicted octanol–water partition coefficient (Wildman–Crippen LogP) is 7.75. The van der Waals surface area contributed by atoms with Crippen LogP contribution < -0.4 is 4.74 Å². The zero-order chi connectivity index (χ0) is 25.9. The zero-order valence-corrected chi connectivity index (χ0v) is 22.7. The summed E-state index contributed by atoms with van der Waals surface area (Å²) in [6.45, 7) is 1.85. The Balaban J connectivity index is 1.37. The molecular formula is C30H19Br2NO4. The molecule has 0 unspecified atom stereocenters. The van der Waals surface area contributed by atoms with Gasteiger partial charge in [-0.05, 0) is 97.4 Å². The fourth-order valence-electron chi connectivity index (χ4n) is 3.84. The summed E-state index contributed by atoms with van der Waals surface area (Å²) >= 11 is 6.94. The number of carbonyl (C=O) groups is 2. The SMILES string of the molecule is Cc1ccccc1C(=O)Oc1c(Br)cc(/C=C2\N=C(c3ccc(-c4ccccc4)cc3)OC2=O)cc1Br. The van der Waals surface area contributed by atoms with E-state index >= 15 is 0 Å². The van der Waals surface area contributed by atoms with E-state index in [-0.39, 0.29) is 11.6 Å². The molecule has 0 N–H and O–H groups in total. The van der Waals surface area contributed by atoms with Crippen molar-refractivity contribution in [3.8, 4) is 16.9 Å². The summed E-state index contributed by atoms with van der Waals surface area (Å²) in [6, 6.07) is 28.4. The van der Waals surface area contributed by atoms with Gasteiger partial charge < -0.3 is 9.47 Å². The fraction of sp³-hybridized carbons (Fsp3) is 0.0333. The van der Waals surface area contributed by atoms with Crippen LogP contribution in [-0.4, -0.2) is 17.8 Å². The zero-order valence-electron chi connectivity index (χ0n) is 19.6. The number of hydrogen-bond acceptors (Lipinski definition) is 5. The molecule has 0 aromatic heterocycles. The normalized spacial score (nSPS) is 13.9. The first-order chi connectivity index (χ1) is 17.9. The number of rotatable bonds is 5. The Hall–Kier alpha value is -3.81. The van der Waals surface area contributed by atoms with Gasteiger partial charge in [-0.3, -0.25) is 0 Å². The minimum atomic E-state index is -0.538. The van der Waals surface area contributed by atoms with Gasteiger partial charge in [-0.25, -0.2) is 14.6 Å². The van der Waals surface area contributed by atoms with Gasteiger partial charge >= 0.3 is 11.9 Å². The fourth-order valence-corrected chi connectivity index (χ4v) is 5.22. The van der Waals surface area contributed by atoms with Gasteiger partial charge in [0.25, 0.3) is 0 Å². The second-order valence-electron chi connectivity index (χ2n) is 8.30. The third-order valence-corrected chi connectivity index (χ3v) is 6.92. The van der Waals surface area contributed by atoms with Crippen LogP contribution >= 0.6 is 31.9 Å². The highest BCUT2D eigenvalue weighted by atomic mass is 79.9. The molecule has 0 spiro atoms. The Morgan fingerprint density at radius 1 is 0.838 bits per heavy atom. The first-order valence-corrected chi connectivity index (χ1v) is 12.9. The van der Waals surface area contributed by atoms with E-state index in [2.05, 4.69) is 36.9 Å². The van der Waals surface area contributed by atoms with Crippen LogP contribution in [0.3, 0.4) is 0 Å². The summed E-state index contributed by atoms with van der Waals surface area (Å²) in [6.07, 6.45) is 1.62. The number of aliphatic imine (C=N–C) groups is 1. The predicted molar refractivity (Wildman–Crippen MR) is 150 cm³/mol. The molecule has 0 atom stereocenters. The molecule has 4 aromatic rings. The summed E-state index contributed by atoms with van der Waals surface area (Å²) in [7, 11) is 0. The van der Waals surface area contributed by atoms with Crippen molar-refractivity contribution >= 4 is 55.8 Å². The van der Waals surface area contributed by atoms with Gasteiger partial charge in [-0.1, -0.05) is 60.7 Å². The number of carbonyl (C=O) groups excluding carboxylic acids is 2. The largest absolute Gasteiger partial charge is 0.420 e. The summed E-state index contributed by atoms with van der Waals surface area (Å²) in [5.41, 5.74) is 5.02. The number of hydrogen-bond donors (Lipinski definition) is 0. The van der Waals surface area contributed by atoms with Crippen molar-refractivity contribution in [3.63, 3.8) is 0 Å². The van der Waals surface area contributed by atoms with Crippen LogP contribution in [0.5, 0.6) is 5.75 Å². The molecule has 0 fully saturated rings. The lowest BCUT2D eigenvalue weighted by molar-refractivity contribution is -0.129. The second kappa shape index (κ2) is 10.7. The van der Waals surface area contributed by atoms with Crippen molar-refractivity contribution < 1.29 is 19.1 Å². The van der Waals surface area contributed by atoms with Gasteiger partial charge in [0.05, 0.1) is 14.5 Å². The van der Waals surface area contributed by atoms with Crippen molar-refractivity contribution in [2.75, 3.05) is 0 Å². The molecule has 1 aliphatic heterocycles. The molecule has 37 heavy (non-hydrogen) atoms. The monoisotopic (exact) mass is 615 g/mol. The molecule has 0 amide bonds. The summed E-state index contributed by atoms with van der Waals surface area (Å²) < 4.78 is 12.1. The molecular weight excluding hydrogens is 598 g/mol. The van der Waals surface area contributed by atoms with E-state index in [1.807, 2.05) is 73.7 Å². The highest BCUT2D eigenvalue weighted by Gasteiger charge is 2.25. The maximum atomic E-state index is 12.7. The van der Waals surface area contributed by atoms with E-state index < -0.39 is 11.9 Å². The summed E-state index contributed by atoms with van der Waals surface area (Å²) in [5.74, 6) is -0.410. The third kappa shape index (κ3) is 5.48. The van der Waals surface area contributed by atoms with Gasteiger partial charge in [-0.15, -0.1) is 0 Å². The number of benzene rings is 4. The molecule has 0 saturated carbocycles. The topological polar surface area (TPSA) is 65.0 Å². The van der Waals surface area contributed by atoms with Crippen molar-refractivity contribution in [1.29, 1.82) is 0 Å². The smallest absolute Gasteiger partial charge is 0.363 e. The molecule has 0 radical (unpaired) electrons. The molecule has 182 valence electrons. The number of cyclic esters (lactones) is 1. The first kappa shape index (κ1) is 24.9. The second-order valence-corrected chi connectivity index (χ2v) is 10.0. The molecule has 7 heteroatoms. The van der Waals surface area contributed by atoms with Crippen LogP contribution in [0.15, 0.2) is 111 Å². The van der Waals surface area contributed by atoms with E-state index in [1.165, 1.54) is 0 Å². The number of aryl methyl sites for hydroxylation is 1. The standard InChI is InChI=1S/C30H19Br2NO4/c1-18-7-5-6-10-23(18)29(34)36-27-24(31)15-19(16-25(27)32)17-26-30(35)37-28(33-26)22-13-11-21(12-14-22)20-8-3-2-4-9-20/h2-17H,1H3/b26-17-. The number of nitrogens with zero attached hydrogens (tertiary/aromatic N) is 1. The Kier molecular flexibility index (Phi) is 7.17. The van der Waals surface area contributed by atoms with Crippen LogP contribution in [-0.2, 0) is 9.53 Å². The highest BCUT2D eigenvalue weighted by molar-refractivity contribution is 9.11. The van der Waals surface area contributed by atoms with Crippen LogP contribution in [0.2, 0.25) is 0 Å². The highest BCUT2D eigenvalue weighted by Crippen LogP contribution is 2.36. The van der Waals surface area contributed by atoms with Crippen molar-refractivity contribution in [3.05, 3.63) is 128 Å². The van der Waals surface area contributed by atoms with E-state index in [9.17, 15) is 9.59 Å². The van der Waals surface area contributed by atoms with Gasteiger partial charge in [0.1, 0.15) is 0 Å². The van der Waals surface area contributed by atoms with Gasteiger partial charge in [0.15, 0.2) is 11.4 Å². The summed E-state index contributed by atoms with van der Waals surface area (Å²) in [4.78, 5) is 29.6. The van der Waals surface area contributed by atoms with E-state index in [4.69, 9.17) is 9.47 Å². The van der Waals surface area contributed by atoms with Crippen LogP contribution in [0.25, 0.3) is 17.2 Å². The minimum Gasteiger partial charge on any atom is -0.420 e. The van der Waals surface area contributed by atoms with Crippen molar-refractivity contribution in [2.45, 2.75) is 6.92 Å². The molecule has 1 aliphatic rings. The number of esters is 2. The van der Waals surface area contributed by atoms with Gasteiger partial charge in [-0.2, -0.15) is 0 Å². The Bertz CT molecular complexity index is 1550. The molecule has 1 heterocycles. The molecule has 0 saturated heterocycles. The number of halogens is 2. The van der Waals surface area contributed by atoms with Gasteiger partial charge in [0.2, 0.25) is 5.90 Å². The van der Waals surface area contributed by atoms with Crippen LogP contribution in [0.4, 0.5) is 0 Å². The Morgan fingerprint density at radius 2 is 1.43 bits per heavy atom. The van der Waals surface area contributed by atoms with Crippen molar-refractivity contribution in [2.24, 2.45) is 4.99 Å². The van der Waals surface area contributed by atoms with Crippen LogP contribution in [0.1, 0.15) is 27.0 Å².